The number of amides is 2. The highest BCUT2D eigenvalue weighted by Crippen LogP contribution is 2.35. The fourth-order valence-electron chi connectivity index (χ4n) is 3.67. The van der Waals surface area contributed by atoms with Gasteiger partial charge in [0.05, 0.1) is 23.5 Å². The molecule has 0 aliphatic heterocycles. The van der Waals surface area contributed by atoms with Crippen molar-refractivity contribution in [2.45, 2.75) is 52.1 Å². The van der Waals surface area contributed by atoms with Gasteiger partial charge < -0.3 is 15.0 Å². The van der Waals surface area contributed by atoms with Crippen LogP contribution in [0.2, 0.25) is 0 Å². The number of nitrogens with one attached hydrogen (secondary N) is 1. The summed E-state index contributed by atoms with van der Waals surface area (Å²) < 4.78 is 21.8. The summed E-state index contributed by atoms with van der Waals surface area (Å²) in [5.74, 6) is 0.524. The number of carbonyl (C=O) groups is 1. The maximum Gasteiger partial charge on any atom is 0.317 e. The van der Waals surface area contributed by atoms with Gasteiger partial charge in [-0.25, -0.2) is 13.9 Å². The molecule has 0 bridgehead atoms. The number of urea groups is 1. The molecular formula is C25H29FN4O2. The van der Waals surface area contributed by atoms with E-state index in [1.54, 1.807) is 16.8 Å². The first-order valence-electron chi connectivity index (χ1n) is 11.2. The number of rotatable bonds is 9. The standard InChI is InChI=1S/C25H29FN4O2/c1-3-15-27-25(31)29(19-13-14-19)17-22-23(4-2)28-30(20-10-6-5-7-11-20)24(22)32-21-12-8-9-18(26)16-21/h5-12,16,19H,3-4,13-15,17H2,1-2H3,(H,27,31). The number of halogens is 1. The number of carbonyl (C=O) groups excluding carboxylic acids is 1. The summed E-state index contributed by atoms with van der Waals surface area (Å²) in [6.07, 6.45) is 3.55. The number of hydrogen-bond donors (Lipinski definition) is 1. The first-order chi connectivity index (χ1) is 15.6. The summed E-state index contributed by atoms with van der Waals surface area (Å²) >= 11 is 0. The molecule has 3 aromatic rings. The highest BCUT2D eigenvalue weighted by molar-refractivity contribution is 5.75. The maximum atomic E-state index is 13.9. The van der Waals surface area contributed by atoms with Crippen LogP contribution in [0.3, 0.4) is 0 Å². The lowest BCUT2D eigenvalue weighted by Gasteiger charge is -2.23. The van der Waals surface area contributed by atoms with Gasteiger partial charge >= 0.3 is 6.03 Å². The lowest BCUT2D eigenvalue weighted by atomic mass is 10.2. The minimum atomic E-state index is -0.371. The second kappa shape index (κ2) is 9.85. The summed E-state index contributed by atoms with van der Waals surface area (Å²) in [6.45, 7) is 5.09. The van der Waals surface area contributed by atoms with Gasteiger partial charge in [-0.15, -0.1) is 0 Å². The van der Waals surface area contributed by atoms with E-state index in [1.807, 2.05) is 49.1 Å². The van der Waals surface area contributed by atoms with Crippen molar-refractivity contribution in [1.29, 1.82) is 0 Å². The Bertz CT molecular complexity index is 1060. The second-order valence-electron chi connectivity index (χ2n) is 7.98. The van der Waals surface area contributed by atoms with Crippen molar-refractivity contribution >= 4 is 6.03 Å². The van der Waals surface area contributed by atoms with E-state index in [2.05, 4.69) is 5.32 Å². The Morgan fingerprint density at radius 2 is 1.97 bits per heavy atom. The Morgan fingerprint density at radius 1 is 1.19 bits per heavy atom. The molecule has 0 unspecified atom stereocenters. The summed E-state index contributed by atoms with van der Waals surface area (Å²) in [5, 5.41) is 7.81. The third-order valence-corrected chi connectivity index (χ3v) is 5.47. The van der Waals surface area contributed by atoms with Crippen LogP contribution >= 0.6 is 0 Å². The van der Waals surface area contributed by atoms with E-state index >= 15 is 0 Å². The fraction of sp³-hybridized carbons (Fsp3) is 0.360. The quantitative estimate of drug-likeness (QED) is 0.485. The van der Waals surface area contributed by atoms with E-state index in [1.165, 1.54) is 12.1 Å². The summed E-state index contributed by atoms with van der Waals surface area (Å²) in [4.78, 5) is 14.8. The first kappa shape index (κ1) is 21.9. The Balaban J connectivity index is 1.75. The predicted octanol–water partition coefficient (Wildman–Crippen LogP) is 5.45. The topological polar surface area (TPSA) is 59.4 Å². The minimum absolute atomic E-state index is 0.0689. The number of benzene rings is 2. The molecule has 1 aliphatic rings. The van der Waals surface area contributed by atoms with Gasteiger partial charge in [0.1, 0.15) is 11.6 Å². The van der Waals surface area contributed by atoms with Crippen LogP contribution in [0.5, 0.6) is 11.6 Å². The van der Waals surface area contributed by atoms with Crippen molar-refractivity contribution < 1.29 is 13.9 Å². The molecule has 0 radical (unpaired) electrons. The van der Waals surface area contributed by atoms with Gasteiger partial charge in [0, 0.05) is 18.7 Å². The van der Waals surface area contributed by atoms with Crippen LogP contribution in [0.25, 0.3) is 5.69 Å². The fourth-order valence-corrected chi connectivity index (χ4v) is 3.67. The number of para-hydroxylation sites is 1. The molecule has 1 aliphatic carbocycles. The van der Waals surface area contributed by atoms with Crippen LogP contribution in [0.1, 0.15) is 44.4 Å². The van der Waals surface area contributed by atoms with E-state index in [4.69, 9.17) is 9.84 Å². The molecule has 1 fully saturated rings. The van der Waals surface area contributed by atoms with Crippen LogP contribution in [-0.2, 0) is 13.0 Å². The molecule has 2 aromatic carbocycles. The monoisotopic (exact) mass is 436 g/mol. The molecule has 4 rings (SSSR count). The van der Waals surface area contributed by atoms with Gasteiger partial charge in [0.2, 0.25) is 5.88 Å². The van der Waals surface area contributed by atoms with Gasteiger partial charge in [0.15, 0.2) is 0 Å². The molecule has 0 atom stereocenters. The smallest absolute Gasteiger partial charge is 0.317 e. The van der Waals surface area contributed by atoms with Gasteiger partial charge in [-0.2, -0.15) is 5.10 Å². The van der Waals surface area contributed by atoms with Gasteiger partial charge in [-0.3, -0.25) is 0 Å². The van der Waals surface area contributed by atoms with Crippen LogP contribution < -0.4 is 10.1 Å². The SMILES string of the molecule is CCCNC(=O)N(Cc1c(CC)nn(-c2ccccc2)c1Oc1cccc(F)c1)C1CC1. The molecule has 0 saturated heterocycles. The highest BCUT2D eigenvalue weighted by atomic mass is 19.1. The van der Waals surface area contributed by atoms with Crippen molar-refractivity contribution in [2.24, 2.45) is 0 Å². The Labute approximate surface area is 188 Å². The lowest BCUT2D eigenvalue weighted by Crippen LogP contribution is -2.41. The highest BCUT2D eigenvalue weighted by Gasteiger charge is 2.34. The Hall–Kier alpha value is -3.35. The second-order valence-corrected chi connectivity index (χ2v) is 7.98. The molecule has 6 nitrogen and oxygen atoms in total. The van der Waals surface area contributed by atoms with Crippen LogP contribution in [0, 0.1) is 5.82 Å². The zero-order valence-corrected chi connectivity index (χ0v) is 18.6. The number of nitrogens with zero attached hydrogens (tertiary/aromatic N) is 3. The summed E-state index contributed by atoms with van der Waals surface area (Å²) in [7, 11) is 0. The van der Waals surface area contributed by atoms with Crippen molar-refractivity contribution in [2.75, 3.05) is 6.54 Å². The Morgan fingerprint density at radius 3 is 2.62 bits per heavy atom. The molecule has 32 heavy (non-hydrogen) atoms. The van der Waals surface area contributed by atoms with Gasteiger partial charge in [0.25, 0.3) is 0 Å². The molecule has 1 heterocycles. The van der Waals surface area contributed by atoms with E-state index in [-0.39, 0.29) is 17.9 Å². The zero-order chi connectivity index (χ0) is 22.5. The largest absolute Gasteiger partial charge is 0.438 e. The number of aryl methyl sites for hydroxylation is 1. The van der Waals surface area contributed by atoms with Crippen LogP contribution in [0.4, 0.5) is 9.18 Å². The molecule has 2 amide bonds. The van der Waals surface area contributed by atoms with Crippen molar-refractivity contribution in [1.82, 2.24) is 20.0 Å². The van der Waals surface area contributed by atoms with Crippen molar-refractivity contribution in [3.63, 3.8) is 0 Å². The normalized spacial score (nSPS) is 13.1. The third-order valence-electron chi connectivity index (χ3n) is 5.47. The van der Waals surface area contributed by atoms with Gasteiger partial charge in [-0.1, -0.05) is 38.1 Å². The molecule has 7 heteroatoms. The van der Waals surface area contributed by atoms with E-state index < -0.39 is 0 Å². The number of hydrogen-bond acceptors (Lipinski definition) is 3. The van der Waals surface area contributed by atoms with Crippen LogP contribution in [0.15, 0.2) is 54.6 Å². The summed E-state index contributed by atoms with van der Waals surface area (Å²) in [5.41, 5.74) is 2.54. The van der Waals surface area contributed by atoms with Crippen molar-refractivity contribution in [3.8, 4) is 17.3 Å². The van der Waals surface area contributed by atoms with Crippen LogP contribution in [-0.4, -0.2) is 33.3 Å². The van der Waals surface area contributed by atoms with E-state index in [0.29, 0.717) is 31.1 Å². The Kier molecular flexibility index (Phi) is 6.73. The third kappa shape index (κ3) is 4.93. The van der Waals surface area contributed by atoms with E-state index in [9.17, 15) is 9.18 Å². The van der Waals surface area contributed by atoms with E-state index in [0.717, 1.165) is 36.2 Å². The first-order valence-corrected chi connectivity index (χ1v) is 11.2. The zero-order valence-electron chi connectivity index (χ0n) is 18.6. The minimum Gasteiger partial charge on any atom is -0.438 e. The number of aromatic nitrogens is 2. The predicted molar refractivity (Wildman–Crippen MR) is 122 cm³/mol. The average molecular weight is 437 g/mol. The molecule has 1 aromatic heterocycles. The van der Waals surface area contributed by atoms with Gasteiger partial charge in [-0.05, 0) is 49.9 Å². The average Bonchev–Trinajstić information content (AvgIpc) is 3.59. The molecule has 0 spiro atoms. The number of ether oxygens (including phenoxy) is 1. The molecular weight excluding hydrogens is 407 g/mol. The molecule has 1 N–H and O–H groups in total. The summed E-state index contributed by atoms with van der Waals surface area (Å²) in [6, 6.07) is 15.9. The van der Waals surface area contributed by atoms with Crippen molar-refractivity contribution in [3.05, 3.63) is 71.7 Å². The molecule has 168 valence electrons. The maximum absolute atomic E-state index is 13.9. The molecule has 1 saturated carbocycles. The lowest BCUT2D eigenvalue weighted by molar-refractivity contribution is 0.191.